The molecule has 31 heavy (non-hydrogen) atoms. The summed E-state index contributed by atoms with van der Waals surface area (Å²) in [5, 5.41) is 0.576. The lowest BCUT2D eigenvalue weighted by Gasteiger charge is -2.25. The highest BCUT2D eigenvalue weighted by Crippen LogP contribution is 2.39. The molecule has 0 saturated heterocycles. The van der Waals surface area contributed by atoms with E-state index >= 15 is 0 Å². The Kier molecular flexibility index (Phi) is 6.49. The minimum Gasteiger partial charge on any atom is -0.497 e. The summed E-state index contributed by atoms with van der Waals surface area (Å²) < 4.78 is 13.1. The number of para-hydroxylation sites is 2. The van der Waals surface area contributed by atoms with E-state index in [2.05, 4.69) is 15.9 Å². The fraction of sp³-hybridized carbons (Fsp3) is 0.200. The van der Waals surface area contributed by atoms with Gasteiger partial charge >= 0.3 is 0 Å². The number of ether oxygens (including phenoxy) is 2. The van der Waals surface area contributed by atoms with Crippen molar-refractivity contribution >= 4 is 26.8 Å². The third-order valence-electron chi connectivity index (χ3n) is 5.12. The summed E-state index contributed by atoms with van der Waals surface area (Å²) in [7, 11) is 1.64. The molecule has 0 saturated carbocycles. The van der Waals surface area contributed by atoms with E-state index in [1.807, 2.05) is 79.7 Å². The maximum atomic E-state index is 13.5. The molecule has 0 aliphatic carbocycles. The van der Waals surface area contributed by atoms with Gasteiger partial charge in [-0.1, -0.05) is 58.4 Å². The van der Waals surface area contributed by atoms with Gasteiger partial charge in [-0.15, -0.1) is 0 Å². The number of alkyl halides is 1. The Morgan fingerprint density at radius 2 is 1.65 bits per heavy atom. The molecule has 4 aromatic rings. The molecule has 0 radical (unpaired) electrons. The first-order chi connectivity index (χ1) is 15.1. The van der Waals surface area contributed by atoms with Crippen molar-refractivity contribution in [3.63, 3.8) is 0 Å². The fourth-order valence-electron chi connectivity index (χ4n) is 3.62. The topological polar surface area (TPSA) is 53.4 Å². The van der Waals surface area contributed by atoms with Crippen molar-refractivity contribution in [1.29, 1.82) is 0 Å². The second kappa shape index (κ2) is 9.45. The molecule has 0 N–H and O–H groups in total. The highest BCUT2D eigenvalue weighted by molar-refractivity contribution is 9.09. The van der Waals surface area contributed by atoms with Gasteiger partial charge in [0.15, 0.2) is 0 Å². The van der Waals surface area contributed by atoms with E-state index in [4.69, 9.17) is 14.5 Å². The first kappa shape index (κ1) is 21.3. The summed E-state index contributed by atoms with van der Waals surface area (Å²) in [6.07, 6.45) is -0.348. The minimum absolute atomic E-state index is 0.110. The summed E-state index contributed by atoms with van der Waals surface area (Å²) in [4.78, 5) is 18.0. The van der Waals surface area contributed by atoms with Crippen molar-refractivity contribution in [2.24, 2.45) is 0 Å². The van der Waals surface area contributed by atoms with E-state index in [1.54, 1.807) is 17.7 Å². The van der Waals surface area contributed by atoms with E-state index < -0.39 is 0 Å². The molecule has 3 aromatic carbocycles. The zero-order valence-electron chi connectivity index (χ0n) is 17.4. The number of halogens is 1. The van der Waals surface area contributed by atoms with Crippen LogP contribution in [0.2, 0.25) is 0 Å². The molecule has 4 rings (SSSR count). The summed E-state index contributed by atoms with van der Waals surface area (Å²) in [5.74, 6) is 1.36. The van der Waals surface area contributed by atoms with Gasteiger partial charge in [-0.3, -0.25) is 9.36 Å². The lowest BCUT2D eigenvalue weighted by atomic mass is 10.0. The van der Waals surface area contributed by atoms with Crippen molar-refractivity contribution in [1.82, 2.24) is 9.55 Å². The SMILES string of the molecule is CCOC(c1ccc(OC)cc1)C(Br)c1nc2ccccc2c(=O)n1-c1ccccc1. The largest absolute Gasteiger partial charge is 0.497 e. The van der Waals surface area contributed by atoms with Gasteiger partial charge < -0.3 is 9.47 Å². The highest BCUT2D eigenvalue weighted by Gasteiger charge is 2.28. The molecule has 0 bridgehead atoms. The summed E-state index contributed by atoms with van der Waals surface area (Å²) in [6.45, 7) is 2.47. The molecule has 2 unspecified atom stereocenters. The maximum absolute atomic E-state index is 13.5. The van der Waals surface area contributed by atoms with E-state index in [0.29, 0.717) is 23.3 Å². The molecule has 0 spiro atoms. The van der Waals surface area contributed by atoms with Crippen molar-refractivity contribution in [3.05, 3.63) is 101 Å². The number of hydrogen-bond donors (Lipinski definition) is 0. The minimum atomic E-state index is -0.363. The molecule has 0 aliphatic heterocycles. The Hall–Kier alpha value is -2.96. The lowest BCUT2D eigenvalue weighted by Crippen LogP contribution is -2.26. The van der Waals surface area contributed by atoms with Crippen LogP contribution < -0.4 is 10.3 Å². The first-order valence-electron chi connectivity index (χ1n) is 10.1. The van der Waals surface area contributed by atoms with Gasteiger partial charge in [-0.2, -0.15) is 0 Å². The predicted octanol–water partition coefficient (Wildman–Crippen LogP) is 5.61. The Labute approximate surface area is 189 Å². The van der Waals surface area contributed by atoms with Gasteiger partial charge in [-0.25, -0.2) is 4.98 Å². The highest BCUT2D eigenvalue weighted by atomic mass is 79.9. The Balaban J connectivity index is 1.90. The smallest absolute Gasteiger partial charge is 0.265 e. The third kappa shape index (κ3) is 4.27. The lowest BCUT2D eigenvalue weighted by molar-refractivity contribution is 0.0600. The van der Waals surface area contributed by atoms with Crippen LogP contribution >= 0.6 is 15.9 Å². The van der Waals surface area contributed by atoms with Crippen molar-refractivity contribution in [3.8, 4) is 11.4 Å². The quantitative estimate of drug-likeness (QED) is 0.324. The summed E-state index contributed by atoms with van der Waals surface area (Å²) >= 11 is 3.82. The average Bonchev–Trinajstić information content (AvgIpc) is 2.83. The standard InChI is InChI=1S/C25H23BrN2O3/c1-3-31-23(17-13-15-19(30-2)16-14-17)22(26)24-27-21-12-8-7-11-20(21)25(29)28(24)18-9-5-4-6-10-18/h4-16,22-23H,3H2,1-2H3. The molecular formula is C25H23BrN2O3. The Morgan fingerprint density at radius 1 is 0.968 bits per heavy atom. The van der Waals surface area contributed by atoms with Crippen molar-refractivity contribution in [2.45, 2.75) is 17.9 Å². The van der Waals surface area contributed by atoms with Crippen LogP contribution in [0.5, 0.6) is 5.75 Å². The van der Waals surface area contributed by atoms with Crippen LogP contribution in [-0.4, -0.2) is 23.3 Å². The van der Waals surface area contributed by atoms with Crippen LogP contribution in [0, 0.1) is 0 Å². The van der Waals surface area contributed by atoms with Gasteiger partial charge in [0.05, 0.1) is 23.7 Å². The van der Waals surface area contributed by atoms with E-state index in [-0.39, 0.29) is 16.5 Å². The van der Waals surface area contributed by atoms with Crippen LogP contribution in [0.15, 0.2) is 83.7 Å². The number of fused-ring (bicyclic) bond motifs is 1. The average molecular weight is 479 g/mol. The fourth-order valence-corrected chi connectivity index (χ4v) is 4.38. The monoisotopic (exact) mass is 478 g/mol. The van der Waals surface area contributed by atoms with Crippen LogP contribution in [0.1, 0.15) is 29.2 Å². The number of nitrogens with zero attached hydrogens (tertiary/aromatic N) is 2. The van der Waals surface area contributed by atoms with E-state index in [0.717, 1.165) is 17.0 Å². The summed E-state index contributed by atoms with van der Waals surface area (Å²) in [5.41, 5.74) is 2.27. The van der Waals surface area contributed by atoms with Crippen LogP contribution in [-0.2, 0) is 4.74 Å². The van der Waals surface area contributed by atoms with Gasteiger partial charge in [-0.05, 0) is 48.9 Å². The molecule has 2 atom stereocenters. The third-order valence-corrected chi connectivity index (χ3v) is 6.01. The zero-order chi connectivity index (χ0) is 21.8. The molecule has 6 heteroatoms. The molecule has 5 nitrogen and oxygen atoms in total. The van der Waals surface area contributed by atoms with Crippen LogP contribution in [0.3, 0.4) is 0 Å². The second-order valence-corrected chi connectivity index (χ2v) is 8.00. The Morgan fingerprint density at radius 3 is 2.32 bits per heavy atom. The number of rotatable bonds is 7. The Bertz CT molecular complexity index is 1220. The zero-order valence-corrected chi connectivity index (χ0v) is 19.0. The van der Waals surface area contributed by atoms with E-state index in [9.17, 15) is 4.79 Å². The van der Waals surface area contributed by atoms with Crippen LogP contribution in [0.25, 0.3) is 16.6 Å². The normalized spacial score (nSPS) is 13.1. The second-order valence-electron chi connectivity index (χ2n) is 7.01. The number of aromatic nitrogens is 2. The maximum Gasteiger partial charge on any atom is 0.265 e. The molecule has 158 valence electrons. The number of benzene rings is 3. The molecule has 1 aromatic heterocycles. The molecule has 0 aliphatic rings. The number of methoxy groups -OCH3 is 1. The molecule has 0 amide bonds. The van der Waals surface area contributed by atoms with Crippen LogP contribution in [0.4, 0.5) is 0 Å². The van der Waals surface area contributed by atoms with Gasteiger partial charge in [0.25, 0.3) is 5.56 Å². The van der Waals surface area contributed by atoms with Crippen molar-refractivity contribution in [2.75, 3.05) is 13.7 Å². The predicted molar refractivity (Wildman–Crippen MR) is 126 cm³/mol. The van der Waals surface area contributed by atoms with Crippen molar-refractivity contribution < 1.29 is 9.47 Å². The van der Waals surface area contributed by atoms with Gasteiger partial charge in [0.2, 0.25) is 0 Å². The van der Waals surface area contributed by atoms with E-state index in [1.165, 1.54) is 0 Å². The molecular weight excluding hydrogens is 456 g/mol. The first-order valence-corrected chi connectivity index (χ1v) is 11.0. The van der Waals surface area contributed by atoms with Gasteiger partial charge in [0, 0.05) is 6.61 Å². The molecule has 1 heterocycles. The summed E-state index contributed by atoms with van der Waals surface area (Å²) in [6, 6.07) is 24.7. The number of hydrogen-bond acceptors (Lipinski definition) is 4. The van der Waals surface area contributed by atoms with Gasteiger partial charge in [0.1, 0.15) is 22.5 Å². The molecule has 0 fully saturated rings.